The molecule has 3 aromatic heterocycles. The van der Waals surface area contributed by atoms with Gasteiger partial charge in [0.15, 0.2) is 22.9 Å². The van der Waals surface area contributed by atoms with Gasteiger partial charge in [-0.25, -0.2) is 18.4 Å². The summed E-state index contributed by atoms with van der Waals surface area (Å²) >= 11 is 5.84. The van der Waals surface area contributed by atoms with Crippen LogP contribution in [0, 0.1) is 0 Å². The smallest absolute Gasteiger partial charge is 0.240 e. The number of aromatic nitrogens is 6. The predicted octanol–water partition coefficient (Wildman–Crippen LogP) is 3.38. The fourth-order valence-corrected chi connectivity index (χ4v) is 4.84. The molecule has 0 bridgehead atoms. The van der Waals surface area contributed by atoms with Gasteiger partial charge in [0.05, 0.1) is 10.4 Å². The summed E-state index contributed by atoms with van der Waals surface area (Å²) in [5, 5.41) is 12.6. The minimum Gasteiger partial charge on any atom is -0.372 e. The molecule has 0 saturated heterocycles. The number of nitrogens with zero attached hydrogens (tertiary/aromatic N) is 6. The number of sulfonamides is 1. The van der Waals surface area contributed by atoms with Crippen LogP contribution in [0.3, 0.4) is 0 Å². The molecule has 33 heavy (non-hydrogen) atoms. The Balaban J connectivity index is 1.48. The van der Waals surface area contributed by atoms with Crippen molar-refractivity contribution in [1.82, 2.24) is 29.9 Å². The van der Waals surface area contributed by atoms with Gasteiger partial charge >= 0.3 is 0 Å². The van der Waals surface area contributed by atoms with E-state index in [1.807, 2.05) is 18.2 Å². The topological polar surface area (TPSA) is 138 Å². The molecule has 1 fully saturated rings. The van der Waals surface area contributed by atoms with Gasteiger partial charge in [-0.2, -0.15) is 0 Å². The van der Waals surface area contributed by atoms with Crippen molar-refractivity contribution in [2.45, 2.75) is 37.2 Å². The molecule has 1 N–H and O–H groups in total. The first-order valence-electron chi connectivity index (χ1n) is 10.2. The van der Waals surface area contributed by atoms with Crippen LogP contribution in [-0.2, 0) is 14.8 Å². The molecule has 3 heterocycles. The summed E-state index contributed by atoms with van der Waals surface area (Å²) in [4.78, 5) is 8.20. The van der Waals surface area contributed by atoms with E-state index >= 15 is 0 Å². The highest BCUT2D eigenvalue weighted by atomic mass is 35.5. The zero-order chi connectivity index (χ0) is 23.2. The standard InChI is InChI=1S/C20H20ClN7O4S/c1-11(17(31-2)18-22-9-12(21)10-23-18)33(29,30)27-20-25-24-19(28(20)13-7-8-13)16-14-5-3-4-6-15(14)32-26-16/h3-6,9-11,13,17H,7-8H2,1-2H3,(H,25,27)/t11-,17-/m0/s1. The van der Waals surface area contributed by atoms with Gasteiger partial charge in [-0.1, -0.05) is 28.9 Å². The van der Waals surface area contributed by atoms with Crippen LogP contribution in [0.2, 0.25) is 5.02 Å². The van der Waals surface area contributed by atoms with Crippen molar-refractivity contribution in [3.8, 4) is 11.5 Å². The van der Waals surface area contributed by atoms with Crippen LogP contribution in [0.15, 0.2) is 41.2 Å². The van der Waals surface area contributed by atoms with Crippen molar-refractivity contribution in [3.63, 3.8) is 0 Å². The average Bonchev–Trinajstić information content (AvgIpc) is 3.43. The first-order valence-corrected chi connectivity index (χ1v) is 12.1. The SMILES string of the molecule is CO[C@H](c1ncc(Cl)cn1)[C@H](C)S(=O)(=O)Nc1nnc(-c2noc3ccccc23)n1C1CC1. The zero-order valence-corrected chi connectivity index (χ0v) is 19.3. The lowest BCUT2D eigenvalue weighted by atomic mass is 10.2. The Labute approximate surface area is 194 Å². The first kappa shape index (κ1) is 21.7. The minimum absolute atomic E-state index is 0.0660. The van der Waals surface area contributed by atoms with Gasteiger partial charge in [0, 0.05) is 25.5 Å². The number of hydrogen-bond acceptors (Lipinski definition) is 9. The van der Waals surface area contributed by atoms with E-state index < -0.39 is 21.4 Å². The largest absolute Gasteiger partial charge is 0.372 e. The number of para-hydroxylation sites is 1. The summed E-state index contributed by atoms with van der Waals surface area (Å²) in [5.41, 5.74) is 1.12. The average molecular weight is 490 g/mol. The van der Waals surface area contributed by atoms with Crippen LogP contribution in [0.4, 0.5) is 5.95 Å². The normalized spacial score (nSPS) is 16.1. The molecule has 2 atom stereocenters. The van der Waals surface area contributed by atoms with Crippen LogP contribution in [-0.4, -0.2) is 50.7 Å². The van der Waals surface area contributed by atoms with Crippen LogP contribution in [0.1, 0.15) is 37.7 Å². The highest BCUT2D eigenvalue weighted by Gasteiger charge is 2.37. The van der Waals surface area contributed by atoms with E-state index in [0.717, 1.165) is 18.2 Å². The molecule has 13 heteroatoms. The first-order chi connectivity index (χ1) is 15.9. The molecule has 0 radical (unpaired) electrons. The molecular weight excluding hydrogens is 470 g/mol. The maximum Gasteiger partial charge on any atom is 0.240 e. The maximum atomic E-state index is 13.3. The second kappa shape index (κ2) is 8.36. The molecule has 172 valence electrons. The van der Waals surface area contributed by atoms with Gasteiger partial charge in [-0.05, 0) is 31.9 Å². The molecule has 1 saturated carbocycles. The van der Waals surface area contributed by atoms with Crippen molar-refractivity contribution in [3.05, 3.63) is 47.5 Å². The molecule has 5 rings (SSSR count). The lowest BCUT2D eigenvalue weighted by molar-refractivity contribution is 0.0950. The summed E-state index contributed by atoms with van der Waals surface area (Å²) in [5.74, 6) is 0.758. The second-order valence-corrected chi connectivity index (χ2v) is 10.2. The summed E-state index contributed by atoms with van der Waals surface area (Å²) < 4.78 is 41.7. The molecule has 0 amide bonds. The third-order valence-electron chi connectivity index (χ3n) is 5.50. The monoisotopic (exact) mass is 489 g/mol. The Bertz CT molecular complexity index is 1400. The van der Waals surface area contributed by atoms with Gasteiger partial charge in [0.2, 0.25) is 16.0 Å². The fraction of sp³-hybridized carbons (Fsp3) is 0.350. The molecule has 1 aliphatic rings. The minimum atomic E-state index is -3.96. The third-order valence-corrected chi connectivity index (χ3v) is 7.38. The molecule has 11 nitrogen and oxygen atoms in total. The Morgan fingerprint density at radius 1 is 1.21 bits per heavy atom. The van der Waals surface area contributed by atoms with Crippen molar-refractivity contribution < 1.29 is 17.7 Å². The maximum absolute atomic E-state index is 13.3. The molecule has 1 aliphatic carbocycles. The van der Waals surface area contributed by atoms with E-state index in [2.05, 4.69) is 30.0 Å². The van der Waals surface area contributed by atoms with E-state index in [1.165, 1.54) is 26.4 Å². The van der Waals surface area contributed by atoms with Gasteiger partial charge in [-0.3, -0.25) is 9.29 Å². The number of rotatable bonds is 8. The van der Waals surface area contributed by atoms with E-state index in [1.54, 1.807) is 10.6 Å². The van der Waals surface area contributed by atoms with Crippen molar-refractivity contribution in [1.29, 1.82) is 0 Å². The van der Waals surface area contributed by atoms with Gasteiger partial charge in [0.25, 0.3) is 0 Å². The number of nitrogens with one attached hydrogen (secondary N) is 1. The van der Waals surface area contributed by atoms with Gasteiger partial charge in [-0.15, -0.1) is 10.2 Å². The van der Waals surface area contributed by atoms with Crippen LogP contribution in [0.5, 0.6) is 0 Å². The Hall–Kier alpha value is -3.09. The van der Waals surface area contributed by atoms with Crippen molar-refractivity contribution in [2.24, 2.45) is 0 Å². The van der Waals surface area contributed by atoms with Crippen LogP contribution >= 0.6 is 11.6 Å². The summed E-state index contributed by atoms with van der Waals surface area (Å²) in [7, 11) is -2.57. The van der Waals surface area contributed by atoms with E-state index in [9.17, 15) is 8.42 Å². The van der Waals surface area contributed by atoms with Crippen molar-refractivity contribution >= 4 is 38.5 Å². The molecule has 0 spiro atoms. The lowest BCUT2D eigenvalue weighted by Crippen LogP contribution is -2.33. The number of halogens is 1. The Kier molecular flexibility index (Phi) is 5.51. The number of fused-ring (bicyclic) bond motifs is 1. The quantitative estimate of drug-likeness (QED) is 0.394. The molecule has 4 aromatic rings. The number of benzene rings is 1. The predicted molar refractivity (Wildman–Crippen MR) is 120 cm³/mol. The van der Waals surface area contributed by atoms with Gasteiger partial charge in [0.1, 0.15) is 11.4 Å². The number of anilines is 1. The number of methoxy groups -OCH3 is 1. The van der Waals surface area contributed by atoms with E-state index in [-0.39, 0.29) is 17.8 Å². The molecular formula is C20H20ClN7O4S. The highest BCUT2D eigenvalue weighted by Crippen LogP contribution is 2.41. The summed E-state index contributed by atoms with van der Waals surface area (Å²) in [6.45, 7) is 1.51. The van der Waals surface area contributed by atoms with E-state index in [4.69, 9.17) is 20.9 Å². The van der Waals surface area contributed by atoms with Crippen LogP contribution < -0.4 is 4.72 Å². The zero-order valence-electron chi connectivity index (χ0n) is 17.7. The number of ether oxygens (including phenoxy) is 1. The molecule has 0 unspecified atom stereocenters. The van der Waals surface area contributed by atoms with Crippen LogP contribution in [0.25, 0.3) is 22.5 Å². The number of hydrogen-bond donors (Lipinski definition) is 1. The Morgan fingerprint density at radius 3 is 2.64 bits per heavy atom. The highest BCUT2D eigenvalue weighted by molar-refractivity contribution is 7.93. The van der Waals surface area contributed by atoms with Crippen molar-refractivity contribution in [2.75, 3.05) is 11.8 Å². The fourth-order valence-electron chi connectivity index (χ4n) is 3.61. The summed E-state index contributed by atoms with van der Waals surface area (Å²) in [6.07, 6.45) is 3.62. The van der Waals surface area contributed by atoms with Gasteiger partial charge < -0.3 is 9.26 Å². The molecule has 1 aromatic carbocycles. The lowest BCUT2D eigenvalue weighted by Gasteiger charge is -2.22. The van der Waals surface area contributed by atoms with E-state index in [0.29, 0.717) is 22.1 Å². The third kappa shape index (κ3) is 4.05. The summed E-state index contributed by atoms with van der Waals surface area (Å²) in [6, 6.07) is 7.46. The second-order valence-electron chi connectivity index (χ2n) is 7.74. The molecule has 0 aliphatic heterocycles. The Morgan fingerprint density at radius 2 is 1.94 bits per heavy atom.